The summed E-state index contributed by atoms with van der Waals surface area (Å²) in [6, 6.07) is 4.43. The van der Waals surface area contributed by atoms with E-state index in [0.717, 1.165) is 6.07 Å². The zero-order valence-electron chi connectivity index (χ0n) is 16.7. The van der Waals surface area contributed by atoms with E-state index in [1.165, 1.54) is 17.4 Å². The van der Waals surface area contributed by atoms with Crippen LogP contribution in [0.5, 0.6) is 0 Å². The van der Waals surface area contributed by atoms with Crippen LogP contribution in [0.4, 0.5) is 40.8 Å². The Hall–Kier alpha value is -2.31. The number of carbonyl (C=O) groups is 2. The fraction of sp³-hybridized carbons (Fsp3) is 0.300. The highest BCUT2D eigenvalue weighted by molar-refractivity contribution is 6.53. The molecule has 2 N–H and O–H groups in total. The van der Waals surface area contributed by atoms with Crippen LogP contribution in [0.25, 0.3) is 0 Å². The zero-order chi connectivity index (χ0) is 26.5. The number of amides is 2. The first-order chi connectivity index (χ1) is 16.0. The molecule has 1 aliphatic carbocycles. The number of rotatable bonds is 6. The highest BCUT2D eigenvalue weighted by Gasteiger charge is 2.67. The Morgan fingerprint density at radius 1 is 0.971 bits per heavy atom. The van der Waals surface area contributed by atoms with Gasteiger partial charge in [-0.15, -0.1) is 23.2 Å². The van der Waals surface area contributed by atoms with Crippen LogP contribution in [-0.4, -0.2) is 34.8 Å². The molecule has 2 amide bonds. The summed E-state index contributed by atoms with van der Waals surface area (Å²) in [7, 11) is 0. The van der Waals surface area contributed by atoms with Crippen molar-refractivity contribution in [3.8, 4) is 0 Å². The number of nitrogens with one attached hydrogen (secondary N) is 2. The van der Waals surface area contributed by atoms with Crippen LogP contribution < -0.4 is 10.6 Å². The molecule has 15 heteroatoms. The fourth-order valence-electron chi connectivity index (χ4n) is 3.21. The first kappa shape index (κ1) is 27.3. The highest BCUT2D eigenvalue weighted by Crippen LogP contribution is 2.65. The third kappa shape index (κ3) is 5.44. The maximum atomic E-state index is 14.0. The third-order valence-electron chi connectivity index (χ3n) is 5.06. The number of halogens is 11. The molecule has 0 radical (unpaired) electrons. The molecule has 35 heavy (non-hydrogen) atoms. The summed E-state index contributed by atoms with van der Waals surface area (Å²) >= 11 is 18.0. The molecule has 3 rings (SSSR count). The van der Waals surface area contributed by atoms with Crippen LogP contribution in [-0.2, 0) is 4.79 Å². The molecule has 0 heterocycles. The van der Waals surface area contributed by atoms with Gasteiger partial charge in [0.05, 0.1) is 23.0 Å². The van der Waals surface area contributed by atoms with Gasteiger partial charge in [0, 0.05) is 17.7 Å². The molecule has 0 aliphatic heterocycles. The average molecular weight is 570 g/mol. The molecule has 0 bridgehead atoms. The number of alkyl halides is 7. The molecule has 0 spiro atoms. The van der Waals surface area contributed by atoms with E-state index in [1.54, 1.807) is 0 Å². The predicted octanol–water partition coefficient (Wildman–Crippen LogP) is 6.21. The molecular weight excluding hydrogens is 559 g/mol. The summed E-state index contributed by atoms with van der Waals surface area (Å²) in [6.45, 7) is -2.24. The molecule has 190 valence electrons. The van der Waals surface area contributed by atoms with E-state index in [-0.39, 0.29) is 10.6 Å². The van der Waals surface area contributed by atoms with Crippen molar-refractivity contribution in [2.24, 2.45) is 5.92 Å². The number of carbonyl (C=O) groups excluding carboxylic acids is 2. The summed E-state index contributed by atoms with van der Waals surface area (Å²) in [5.74, 6) is -14.5. The van der Waals surface area contributed by atoms with Gasteiger partial charge >= 0.3 is 12.1 Å². The number of hydrogen-bond acceptors (Lipinski definition) is 2. The summed E-state index contributed by atoms with van der Waals surface area (Å²) in [6.07, 6.45) is -5.99. The van der Waals surface area contributed by atoms with E-state index in [0.29, 0.717) is 12.1 Å². The lowest BCUT2D eigenvalue weighted by molar-refractivity contribution is -0.278. The molecule has 0 saturated heterocycles. The van der Waals surface area contributed by atoms with Gasteiger partial charge in [0.1, 0.15) is 10.2 Å². The monoisotopic (exact) mass is 568 g/mol. The van der Waals surface area contributed by atoms with Gasteiger partial charge < -0.3 is 10.6 Å². The van der Waals surface area contributed by atoms with E-state index < -0.39 is 75.3 Å². The van der Waals surface area contributed by atoms with Gasteiger partial charge in [-0.2, -0.15) is 22.0 Å². The molecule has 0 unspecified atom stereocenters. The van der Waals surface area contributed by atoms with Crippen molar-refractivity contribution in [1.82, 2.24) is 5.32 Å². The topological polar surface area (TPSA) is 58.2 Å². The minimum absolute atomic E-state index is 0.273. The van der Waals surface area contributed by atoms with E-state index in [1.807, 2.05) is 0 Å². The van der Waals surface area contributed by atoms with Gasteiger partial charge in [-0.25, -0.2) is 13.2 Å². The van der Waals surface area contributed by atoms with Crippen molar-refractivity contribution in [2.75, 3.05) is 11.9 Å². The Kier molecular flexibility index (Phi) is 7.24. The fourth-order valence-corrected chi connectivity index (χ4v) is 4.22. The standard InChI is InChI=1S/C20H11Cl3F8N2O2/c21-10-3-7(1-2-11(10)24)13-14(19(13,22)23)17(35)33-8-4-9(15(26)12(25)5-8)16(34)32-6-18(27,28)20(29,30)31/h1-5,13-14H,6H2,(H,32,34)(H,33,35)/t13-,14+/m0/s1. The van der Waals surface area contributed by atoms with Crippen LogP contribution in [0.1, 0.15) is 21.8 Å². The van der Waals surface area contributed by atoms with Crippen LogP contribution in [0.3, 0.4) is 0 Å². The number of benzene rings is 2. The smallest absolute Gasteiger partial charge is 0.346 e. The van der Waals surface area contributed by atoms with Gasteiger partial charge in [0.15, 0.2) is 11.6 Å². The van der Waals surface area contributed by atoms with Gasteiger partial charge in [0.2, 0.25) is 5.91 Å². The summed E-state index contributed by atoms with van der Waals surface area (Å²) in [5.41, 5.74) is -1.51. The van der Waals surface area contributed by atoms with E-state index in [9.17, 15) is 44.7 Å². The van der Waals surface area contributed by atoms with Gasteiger partial charge in [-0.3, -0.25) is 9.59 Å². The van der Waals surface area contributed by atoms with Gasteiger partial charge in [0.25, 0.3) is 5.91 Å². The average Bonchev–Trinajstić information content (AvgIpc) is 3.32. The molecule has 2 aromatic rings. The van der Waals surface area contributed by atoms with Crippen molar-refractivity contribution in [1.29, 1.82) is 0 Å². The largest absolute Gasteiger partial charge is 0.455 e. The highest BCUT2D eigenvalue weighted by atomic mass is 35.5. The normalized spacial score (nSPS) is 19.3. The number of anilines is 1. The Morgan fingerprint density at radius 2 is 1.60 bits per heavy atom. The lowest BCUT2D eigenvalue weighted by atomic mass is 10.1. The molecule has 1 saturated carbocycles. The molecular formula is C20H11Cl3F8N2O2. The summed E-state index contributed by atoms with van der Waals surface area (Å²) in [4.78, 5) is 24.6. The van der Waals surface area contributed by atoms with Crippen molar-refractivity contribution in [3.63, 3.8) is 0 Å². The molecule has 1 aliphatic rings. The van der Waals surface area contributed by atoms with Crippen LogP contribution >= 0.6 is 34.8 Å². The lowest BCUT2D eigenvalue weighted by Crippen LogP contribution is -2.46. The predicted molar refractivity (Wildman–Crippen MR) is 110 cm³/mol. The van der Waals surface area contributed by atoms with Crippen LogP contribution in [0.15, 0.2) is 30.3 Å². The number of hydrogen-bond donors (Lipinski definition) is 2. The summed E-state index contributed by atoms with van der Waals surface area (Å²) < 4.78 is 102. The Bertz CT molecular complexity index is 1190. The zero-order valence-corrected chi connectivity index (χ0v) is 19.0. The molecule has 1 fully saturated rings. The second-order valence-electron chi connectivity index (χ2n) is 7.50. The Morgan fingerprint density at radius 3 is 2.17 bits per heavy atom. The van der Waals surface area contributed by atoms with Crippen LogP contribution in [0.2, 0.25) is 5.02 Å². The maximum absolute atomic E-state index is 14.0. The molecule has 2 aromatic carbocycles. The van der Waals surface area contributed by atoms with Crippen molar-refractivity contribution in [2.45, 2.75) is 22.4 Å². The SMILES string of the molecule is O=C(NCC(F)(F)C(F)(F)F)c1cc(NC(=O)[C@H]2[C@H](c3ccc(F)c(Cl)c3)C2(Cl)Cl)cc(F)c1F. The minimum atomic E-state index is -5.99. The second kappa shape index (κ2) is 9.29. The van der Waals surface area contributed by atoms with Gasteiger partial charge in [-0.05, 0) is 23.8 Å². The van der Waals surface area contributed by atoms with Gasteiger partial charge in [-0.1, -0.05) is 17.7 Å². The maximum Gasteiger partial charge on any atom is 0.455 e. The van der Waals surface area contributed by atoms with Crippen molar-refractivity contribution < 1.29 is 44.7 Å². The molecule has 4 nitrogen and oxygen atoms in total. The first-order valence-corrected chi connectivity index (χ1v) is 10.5. The summed E-state index contributed by atoms with van der Waals surface area (Å²) in [5, 5.41) is 3.01. The van der Waals surface area contributed by atoms with E-state index in [4.69, 9.17) is 34.8 Å². The third-order valence-corrected chi connectivity index (χ3v) is 6.29. The Labute approximate surface area is 206 Å². The first-order valence-electron chi connectivity index (χ1n) is 9.32. The van der Waals surface area contributed by atoms with Crippen molar-refractivity contribution >= 4 is 52.3 Å². The van der Waals surface area contributed by atoms with E-state index in [2.05, 4.69) is 5.32 Å². The molecule has 0 aromatic heterocycles. The Balaban J connectivity index is 1.78. The lowest BCUT2D eigenvalue weighted by Gasteiger charge is -2.20. The van der Waals surface area contributed by atoms with E-state index >= 15 is 0 Å². The quantitative estimate of drug-likeness (QED) is 0.321. The molecule has 2 atom stereocenters. The second-order valence-corrected chi connectivity index (χ2v) is 9.35. The van der Waals surface area contributed by atoms with Crippen molar-refractivity contribution in [3.05, 3.63) is 63.9 Å². The van der Waals surface area contributed by atoms with Crippen LogP contribution in [0, 0.1) is 23.4 Å². The minimum Gasteiger partial charge on any atom is -0.346 e.